The van der Waals surface area contributed by atoms with Crippen LogP contribution in [0.2, 0.25) is 0 Å². The summed E-state index contributed by atoms with van der Waals surface area (Å²) in [5.41, 5.74) is 22.1. The zero-order chi connectivity index (χ0) is 43.7. The molecule has 0 heterocycles. The van der Waals surface area contributed by atoms with Crippen LogP contribution >= 0.6 is 0 Å². The highest BCUT2D eigenvalue weighted by atomic mass is 14.4. The second-order valence-electron chi connectivity index (χ2n) is 18.6. The fraction of sp³-hybridized carbons (Fsp3) is 0.0149. The highest BCUT2D eigenvalue weighted by Gasteiger charge is 2.36. The molecule has 1 atom stereocenters. The van der Waals surface area contributed by atoms with Crippen LogP contribution in [0.25, 0.3) is 98.9 Å². The van der Waals surface area contributed by atoms with Crippen molar-refractivity contribution in [2.75, 3.05) is 0 Å². The van der Waals surface area contributed by atoms with Gasteiger partial charge in [-0.3, -0.25) is 0 Å². The molecule has 0 saturated heterocycles. The minimum atomic E-state index is 0.131. The van der Waals surface area contributed by atoms with Crippen molar-refractivity contribution in [1.29, 1.82) is 0 Å². The molecule has 0 bridgehead atoms. The van der Waals surface area contributed by atoms with Crippen molar-refractivity contribution in [2.45, 2.75) is 5.92 Å². The molecule has 0 N–H and O–H groups in total. The van der Waals surface area contributed by atoms with E-state index in [1.807, 2.05) is 0 Å². The molecule has 4 aliphatic rings. The SMILES string of the molecule is C1=Cc2ccccc2C2C1=C(C=C(C=C1c3ccc4ccccc4c3-c3c1ccc1ccccc31)C=C1c3ccc4ccccc4c3-c3c1ccc1ccccc31)c1ccc3ccccc3c12. The topological polar surface area (TPSA) is 0 Å². The average molecular weight is 845 g/mol. The fourth-order valence-corrected chi connectivity index (χ4v) is 12.4. The summed E-state index contributed by atoms with van der Waals surface area (Å²) in [5, 5.41) is 12.8. The Bertz CT molecular complexity index is 3840. The van der Waals surface area contributed by atoms with E-state index in [0.717, 1.165) is 0 Å². The Morgan fingerprint density at radius 3 is 1.16 bits per heavy atom. The van der Waals surface area contributed by atoms with Gasteiger partial charge in [-0.1, -0.05) is 218 Å². The number of fused-ring (bicyclic) bond motifs is 21. The second kappa shape index (κ2) is 14.0. The summed E-state index contributed by atoms with van der Waals surface area (Å²) in [4.78, 5) is 0. The van der Waals surface area contributed by atoms with Gasteiger partial charge < -0.3 is 0 Å². The van der Waals surface area contributed by atoms with Crippen LogP contribution in [0.3, 0.4) is 0 Å². The van der Waals surface area contributed by atoms with Gasteiger partial charge in [0.25, 0.3) is 0 Å². The molecule has 67 heavy (non-hydrogen) atoms. The number of benzene rings is 11. The van der Waals surface area contributed by atoms with Gasteiger partial charge in [-0.05, 0) is 167 Å². The monoisotopic (exact) mass is 844 g/mol. The van der Waals surface area contributed by atoms with Crippen molar-refractivity contribution in [3.63, 3.8) is 0 Å². The first kappa shape index (κ1) is 36.7. The molecule has 11 aromatic rings. The normalized spacial score (nSPS) is 14.8. The molecular weight excluding hydrogens is 805 g/mol. The van der Waals surface area contributed by atoms with E-state index in [-0.39, 0.29) is 5.92 Å². The van der Waals surface area contributed by atoms with Gasteiger partial charge in [-0.15, -0.1) is 0 Å². The zero-order valence-electron chi connectivity index (χ0n) is 36.6. The molecule has 0 radical (unpaired) electrons. The standard InChI is InChI=1S/C67H40/c1-7-19-47-41(13-1)25-31-53-59(54-32-26-42-14-2-8-20-48(42)63(54)62(47)53)37-40(38-60-55-33-27-43-15-3-9-21-49(43)64(55)65-50-22-10-4-16-44(50)28-34-56(60)65)39-61-57-35-29-45-17-5-11-23-51(45)66(57)67-52-24-12-6-18-46(52)30-36-58(61)67/h1-39,62H. The molecule has 11 aromatic carbocycles. The van der Waals surface area contributed by atoms with Crippen LogP contribution in [-0.2, 0) is 0 Å². The number of rotatable bonds is 3. The first-order valence-electron chi connectivity index (χ1n) is 23.5. The first-order chi connectivity index (χ1) is 33.2. The lowest BCUT2D eigenvalue weighted by atomic mass is 9.80. The van der Waals surface area contributed by atoms with Crippen LogP contribution in [0.15, 0.2) is 242 Å². The van der Waals surface area contributed by atoms with Crippen LogP contribution in [0.1, 0.15) is 50.4 Å². The zero-order valence-corrected chi connectivity index (χ0v) is 36.6. The van der Waals surface area contributed by atoms with Crippen molar-refractivity contribution in [3.05, 3.63) is 286 Å². The molecule has 4 aliphatic carbocycles. The summed E-state index contributed by atoms with van der Waals surface area (Å²) in [7, 11) is 0. The molecule has 15 rings (SSSR count). The molecule has 0 fully saturated rings. The highest BCUT2D eigenvalue weighted by Crippen LogP contribution is 2.56. The van der Waals surface area contributed by atoms with E-state index in [9.17, 15) is 0 Å². The molecule has 0 saturated carbocycles. The molecule has 0 aromatic heterocycles. The molecule has 0 aliphatic heterocycles. The first-order valence-corrected chi connectivity index (χ1v) is 23.5. The van der Waals surface area contributed by atoms with E-state index < -0.39 is 0 Å². The molecule has 0 amide bonds. The van der Waals surface area contributed by atoms with Crippen molar-refractivity contribution in [3.8, 4) is 22.3 Å². The van der Waals surface area contributed by atoms with E-state index in [1.54, 1.807) is 0 Å². The lowest BCUT2D eigenvalue weighted by Gasteiger charge is -2.23. The number of hydrogen-bond donors (Lipinski definition) is 0. The Morgan fingerprint density at radius 1 is 0.328 bits per heavy atom. The maximum Gasteiger partial charge on any atom is 0.0364 e. The minimum absolute atomic E-state index is 0.131. The quantitative estimate of drug-likeness (QED) is 0.166. The van der Waals surface area contributed by atoms with Gasteiger partial charge in [0.1, 0.15) is 0 Å². The van der Waals surface area contributed by atoms with E-state index in [0.29, 0.717) is 0 Å². The molecule has 0 heteroatoms. The Kier molecular flexibility index (Phi) is 7.65. The fourth-order valence-electron chi connectivity index (χ4n) is 12.4. The van der Waals surface area contributed by atoms with Gasteiger partial charge >= 0.3 is 0 Å². The van der Waals surface area contributed by atoms with Gasteiger partial charge in [0.15, 0.2) is 0 Å². The predicted molar refractivity (Wildman–Crippen MR) is 284 cm³/mol. The van der Waals surface area contributed by atoms with Gasteiger partial charge in [0.2, 0.25) is 0 Å². The summed E-state index contributed by atoms with van der Waals surface area (Å²) >= 11 is 0. The summed E-state index contributed by atoms with van der Waals surface area (Å²) in [6, 6.07) is 77.0. The van der Waals surface area contributed by atoms with Crippen LogP contribution in [0.5, 0.6) is 0 Å². The van der Waals surface area contributed by atoms with Crippen molar-refractivity contribution < 1.29 is 0 Å². The van der Waals surface area contributed by atoms with E-state index in [1.165, 1.54) is 148 Å². The number of allylic oxidation sites excluding steroid dienone is 7. The summed E-state index contributed by atoms with van der Waals surface area (Å²) < 4.78 is 0. The van der Waals surface area contributed by atoms with Crippen molar-refractivity contribution >= 4 is 76.7 Å². The smallest absolute Gasteiger partial charge is 0.0364 e. The van der Waals surface area contributed by atoms with Gasteiger partial charge in [0.05, 0.1) is 0 Å². The predicted octanol–water partition coefficient (Wildman–Crippen LogP) is 17.5. The molecular formula is C67H40. The van der Waals surface area contributed by atoms with E-state index in [2.05, 4.69) is 237 Å². The number of hydrogen-bond acceptors (Lipinski definition) is 0. The van der Waals surface area contributed by atoms with Gasteiger partial charge in [-0.25, -0.2) is 0 Å². The highest BCUT2D eigenvalue weighted by molar-refractivity contribution is 6.21. The Hall–Kier alpha value is -8.58. The Morgan fingerprint density at radius 2 is 0.701 bits per heavy atom. The van der Waals surface area contributed by atoms with Crippen molar-refractivity contribution in [1.82, 2.24) is 0 Å². The van der Waals surface area contributed by atoms with Crippen LogP contribution in [0.4, 0.5) is 0 Å². The minimum Gasteiger partial charge on any atom is -0.0619 e. The maximum absolute atomic E-state index is 2.53. The lowest BCUT2D eigenvalue weighted by molar-refractivity contribution is 1.00. The van der Waals surface area contributed by atoms with E-state index in [4.69, 9.17) is 0 Å². The van der Waals surface area contributed by atoms with Gasteiger partial charge in [0, 0.05) is 5.92 Å². The maximum atomic E-state index is 2.53. The van der Waals surface area contributed by atoms with Crippen molar-refractivity contribution in [2.24, 2.45) is 0 Å². The van der Waals surface area contributed by atoms with Crippen LogP contribution < -0.4 is 0 Å². The lowest BCUT2D eigenvalue weighted by Crippen LogP contribution is -2.06. The molecule has 0 nitrogen and oxygen atoms in total. The summed E-state index contributed by atoms with van der Waals surface area (Å²) in [6.45, 7) is 0. The molecule has 308 valence electrons. The summed E-state index contributed by atoms with van der Waals surface area (Å²) in [5.74, 6) is 0.131. The third-order valence-corrected chi connectivity index (χ3v) is 15.2. The Balaban J connectivity index is 1.07. The Labute approximate surface area is 389 Å². The van der Waals surface area contributed by atoms with Gasteiger partial charge in [-0.2, -0.15) is 0 Å². The van der Waals surface area contributed by atoms with Crippen LogP contribution in [0, 0.1) is 0 Å². The van der Waals surface area contributed by atoms with Crippen LogP contribution in [-0.4, -0.2) is 0 Å². The second-order valence-corrected chi connectivity index (χ2v) is 18.6. The molecule has 0 spiro atoms. The average Bonchev–Trinajstić information content (AvgIpc) is 4.02. The largest absolute Gasteiger partial charge is 0.0619 e. The third-order valence-electron chi connectivity index (χ3n) is 15.2. The summed E-state index contributed by atoms with van der Waals surface area (Å²) in [6.07, 6.45) is 12.3. The third kappa shape index (κ3) is 5.24. The molecule has 1 unspecified atom stereocenters. The van der Waals surface area contributed by atoms with E-state index >= 15 is 0 Å².